The van der Waals surface area contributed by atoms with E-state index in [4.69, 9.17) is 5.11 Å². The number of carbonyl (C=O) groups is 1. The lowest BCUT2D eigenvalue weighted by atomic mass is 10.0. The maximum Gasteiger partial charge on any atom is 0.418 e. The van der Waals surface area contributed by atoms with Gasteiger partial charge in [-0.25, -0.2) is 4.79 Å². The van der Waals surface area contributed by atoms with Gasteiger partial charge in [-0.05, 0) is 38.0 Å². The number of hydrogen-bond acceptors (Lipinski definition) is 2. The second kappa shape index (κ2) is 5.95. The molecule has 0 bridgehead atoms. The van der Waals surface area contributed by atoms with Crippen molar-refractivity contribution < 1.29 is 23.1 Å². The van der Waals surface area contributed by atoms with Crippen molar-refractivity contribution in [2.75, 3.05) is 11.4 Å². The summed E-state index contributed by atoms with van der Waals surface area (Å²) in [6.45, 7) is 2.30. The summed E-state index contributed by atoms with van der Waals surface area (Å²) in [5.41, 5.74) is -1.12. The van der Waals surface area contributed by atoms with Crippen LogP contribution in [-0.2, 0) is 6.18 Å². The van der Waals surface area contributed by atoms with Gasteiger partial charge in [0, 0.05) is 18.3 Å². The molecule has 0 amide bonds. The van der Waals surface area contributed by atoms with E-state index in [0.29, 0.717) is 6.54 Å². The quantitative estimate of drug-likeness (QED) is 0.907. The molecule has 1 fully saturated rings. The Labute approximate surface area is 121 Å². The van der Waals surface area contributed by atoms with Gasteiger partial charge in [0.2, 0.25) is 0 Å². The summed E-state index contributed by atoms with van der Waals surface area (Å²) in [6, 6.07) is 3.36. The average molecular weight is 301 g/mol. The third-order valence-corrected chi connectivity index (χ3v) is 3.96. The number of alkyl halides is 3. The molecule has 0 aromatic heterocycles. The lowest BCUT2D eigenvalue weighted by molar-refractivity contribution is -0.137. The molecule has 1 N–H and O–H groups in total. The maximum atomic E-state index is 13.3. The Balaban J connectivity index is 2.47. The Hall–Kier alpha value is -1.72. The second-order valence-electron chi connectivity index (χ2n) is 5.26. The molecule has 0 saturated heterocycles. The number of halogens is 3. The van der Waals surface area contributed by atoms with Crippen molar-refractivity contribution >= 4 is 11.7 Å². The number of nitrogens with zero attached hydrogens (tertiary/aromatic N) is 1. The van der Waals surface area contributed by atoms with Crippen LogP contribution in [0.15, 0.2) is 18.2 Å². The summed E-state index contributed by atoms with van der Waals surface area (Å²) < 4.78 is 39.8. The fourth-order valence-electron chi connectivity index (χ4n) is 2.99. The SMILES string of the molecule is CCN(c1ccc(C(=O)O)cc1C(F)(F)F)C1CCCC1. The van der Waals surface area contributed by atoms with E-state index in [2.05, 4.69) is 0 Å². The van der Waals surface area contributed by atoms with Gasteiger partial charge in [0.1, 0.15) is 0 Å². The van der Waals surface area contributed by atoms with Crippen LogP contribution >= 0.6 is 0 Å². The number of benzene rings is 1. The Morgan fingerprint density at radius 3 is 2.43 bits per heavy atom. The molecule has 6 heteroatoms. The van der Waals surface area contributed by atoms with Crippen LogP contribution in [0.1, 0.15) is 48.5 Å². The van der Waals surface area contributed by atoms with Crippen molar-refractivity contribution in [3.63, 3.8) is 0 Å². The molecule has 3 nitrogen and oxygen atoms in total. The topological polar surface area (TPSA) is 40.5 Å². The zero-order chi connectivity index (χ0) is 15.6. The summed E-state index contributed by atoms with van der Waals surface area (Å²) in [5, 5.41) is 8.89. The Morgan fingerprint density at radius 2 is 1.95 bits per heavy atom. The van der Waals surface area contributed by atoms with Crippen LogP contribution in [0.5, 0.6) is 0 Å². The van der Waals surface area contributed by atoms with E-state index in [1.165, 1.54) is 12.1 Å². The number of carboxylic acid groups (broad SMARTS) is 1. The van der Waals surface area contributed by atoms with Crippen molar-refractivity contribution in [1.82, 2.24) is 0 Å². The van der Waals surface area contributed by atoms with E-state index < -0.39 is 17.7 Å². The minimum absolute atomic E-state index is 0.0851. The van der Waals surface area contributed by atoms with Gasteiger partial charge < -0.3 is 10.0 Å². The van der Waals surface area contributed by atoms with E-state index in [1.807, 2.05) is 6.92 Å². The van der Waals surface area contributed by atoms with Crippen LogP contribution < -0.4 is 4.90 Å². The first-order chi connectivity index (χ1) is 9.84. The molecule has 0 spiro atoms. The Bertz CT molecular complexity index is 522. The molecule has 1 aliphatic rings. The van der Waals surface area contributed by atoms with Crippen LogP contribution in [0.25, 0.3) is 0 Å². The van der Waals surface area contributed by atoms with Crippen LogP contribution in [0.2, 0.25) is 0 Å². The number of hydrogen-bond donors (Lipinski definition) is 1. The highest BCUT2D eigenvalue weighted by Crippen LogP contribution is 2.39. The fraction of sp³-hybridized carbons (Fsp3) is 0.533. The highest BCUT2D eigenvalue weighted by atomic mass is 19.4. The molecule has 0 radical (unpaired) electrons. The minimum atomic E-state index is -4.56. The van der Waals surface area contributed by atoms with E-state index in [0.717, 1.165) is 31.7 Å². The van der Waals surface area contributed by atoms with E-state index in [1.54, 1.807) is 4.90 Å². The highest BCUT2D eigenvalue weighted by molar-refractivity contribution is 5.88. The molecule has 1 aromatic carbocycles. The molecule has 2 rings (SSSR count). The van der Waals surface area contributed by atoms with Crippen molar-refractivity contribution in [3.05, 3.63) is 29.3 Å². The third-order valence-electron chi connectivity index (χ3n) is 3.96. The van der Waals surface area contributed by atoms with Gasteiger partial charge >= 0.3 is 12.1 Å². The predicted molar refractivity (Wildman–Crippen MR) is 73.7 cm³/mol. The van der Waals surface area contributed by atoms with Gasteiger partial charge in [-0.15, -0.1) is 0 Å². The summed E-state index contributed by atoms with van der Waals surface area (Å²) in [7, 11) is 0. The molecule has 0 atom stereocenters. The molecular formula is C15H18F3NO2. The lowest BCUT2D eigenvalue weighted by Gasteiger charge is -2.32. The molecule has 21 heavy (non-hydrogen) atoms. The summed E-state index contributed by atoms with van der Waals surface area (Å²) >= 11 is 0. The van der Waals surface area contributed by atoms with E-state index in [-0.39, 0.29) is 17.3 Å². The first-order valence-electron chi connectivity index (χ1n) is 7.05. The molecule has 116 valence electrons. The molecule has 1 aliphatic carbocycles. The van der Waals surface area contributed by atoms with Gasteiger partial charge in [0.15, 0.2) is 0 Å². The summed E-state index contributed by atoms with van der Waals surface area (Å²) in [4.78, 5) is 12.7. The first-order valence-corrected chi connectivity index (χ1v) is 7.05. The van der Waals surface area contributed by atoms with Crippen molar-refractivity contribution in [2.24, 2.45) is 0 Å². The van der Waals surface area contributed by atoms with Gasteiger partial charge in [-0.3, -0.25) is 0 Å². The predicted octanol–water partition coefficient (Wildman–Crippen LogP) is 4.17. The van der Waals surface area contributed by atoms with E-state index >= 15 is 0 Å². The van der Waals surface area contributed by atoms with Crippen molar-refractivity contribution in [3.8, 4) is 0 Å². The summed E-state index contributed by atoms with van der Waals surface area (Å²) in [6.07, 6.45) is -0.754. The van der Waals surface area contributed by atoms with Crippen LogP contribution in [0.4, 0.5) is 18.9 Å². The Kier molecular flexibility index (Phi) is 4.44. The highest BCUT2D eigenvalue weighted by Gasteiger charge is 2.37. The van der Waals surface area contributed by atoms with Crippen molar-refractivity contribution in [2.45, 2.75) is 44.8 Å². The monoisotopic (exact) mass is 301 g/mol. The smallest absolute Gasteiger partial charge is 0.418 e. The zero-order valence-corrected chi connectivity index (χ0v) is 11.8. The standard InChI is InChI=1S/C15H18F3NO2/c1-2-19(11-5-3-4-6-11)13-8-7-10(14(20)21)9-12(13)15(16,17)18/h7-9,11H,2-6H2,1H3,(H,20,21). The molecule has 1 saturated carbocycles. The van der Waals surface area contributed by atoms with Gasteiger partial charge in [-0.1, -0.05) is 12.8 Å². The first kappa shape index (κ1) is 15.7. The number of anilines is 1. The number of aromatic carboxylic acids is 1. The van der Waals surface area contributed by atoms with E-state index in [9.17, 15) is 18.0 Å². The maximum absolute atomic E-state index is 13.3. The van der Waals surface area contributed by atoms with Gasteiger partial charge in [-0.2, -0.15) is 13.2 Å². The lowest BCUT2D eigenvalue weighted by Crippen LogP contribution is -2.34. The average Bonchev–Trinajstić information content (AvgIpc) is 2.92. The number of carboxylic acids is 1. The van der Waals surface area contributed by atoms with Crippen LogP contribution in [0.3, 0.4) is 0 Å². The van der Waals surface area contributed by atoms with Crippen LogP contribution in [-0.4, -0.2) is 23.7 Å². The zero-order valence-electron chi connectivity index (χ0n) is 11.8. The molecule has 0 heterocycles. The molecule has 0 unspecified atom stereocenters. The van der Waals surface area contributed by atoms with Crippen molar-refractivity contribution in [1.29, 1.82) is 0 Å². The Morgan fingerprint density at radius 1 is 1.33 bits per heavy atom. The summed E-state index contributed by atoms with van der Waals surface area (Å²) in [5.74, 6) is -1.35. The molecule has 0 aliphatic heterocycles. The largest absolute Gasteiger partial charge is 0.478 e. The second-order valence-corrected chi connectivity index (χ2v) is 5.26. The van der Waals surface area contributed by atoms with Crippen LogP contribution in [0, 0.1) is 0 Å². The number of rotatable bonds is 4. The third kappa shape index (κ3) is 3.31. The van der Waals surface area contributed by atoms with Gasteiger partial charge in [0.25, 0.3) is 0 Å². The van der Waals surface area contributed by atoms with Gasteiger partial charge in [0.05, 0.1) is 11.1 Å². The normalized spacial score (nSPS) is 16.2. The molecular weight excluding hydrogens is 283 g/mol. The minimum Gasteiger partial charge on any atom is -0.478 e. The fourth-order valence-corrected chi connectivity index (χ4v) is 2.99. The molecule has 1 aromatic rings.